The molecule has 192 valence electrons. The lowest BCUT2D eigenvalue weighted by atomic mass is 9.86. The van der Waals surface area contributed by atoms with Gasteiger partial charge in [0.15, 0.2) is 0 Å². The molecule has 36 heavy (non-hydrogen) atoms. The molecule has 1 saturated heterocycles. The fraction of sp³-hybridized carbons (Fsp3) is 0.536. The third kappa shape index (κ3) is 4.60. The predicted octanol–water partition coefficient (Wildman–Crippen LogP) is 1.87. The third-order valence-corrected chi connectivity index (χ3v) is 7.96. The van der Waals surface area contributed by atoms with Crippen LogP contribution in [0.4, 0.5) is 0 Å². The molecule has 5 rings (SSSR count). The van der Waals surface area contributed by atoms with Crippen LogP contribution in [-0.4, -0.2) is 71.1 Å². The minimum Gasteiger partial charge on any atom is -0.396 e. The number of rotatable bonds is 9. The summed E-state index contributed by atoms with van der Waals surface area (Å²) in [4.78, 5) is 44.5. The van der Waals surface area contributed by atoms with E-state index in [-0.39, 0.29) is 36.6 Å². The van der Waals surface area contributed by atoms with Crippen LogP contribution in [0.5, 0.6) is 0 Å². The van der Waals surface area contributed by atoms with Gasteiger partial charge in [0, 0.05) is 43.3 Å². The number of pyridine rings is 1. The zero-order chi connectivity index (χ0) is 25.4. The maximum absolute atomic E-state index is 13.6. The highest BCUT2D eigenvalue weighted by atomic mass is 16.3. The van der Waals surface area contributed by atoms with Gasteiger partial charge in [-0.15, -0.1) is 0 Å². The molecule has 0 radical (unpaired) electrons. The second kappa shape index (κ2) is 10.2. The van der Waals surface area contributed by atoms with Gasteiger partial charge in [0.1, 0.15) is 0 Å². The molecule has 2 bridgehead atoms. The van der Waals surface area contributed by atoms with Crippen molar-refractivity contribution in [3.8, 4) is 11.1 Å². The second-order valence-corrected chi connectivity index (χ2v) is 10.7. The first-order valence-electron chi connectivity index (χ1n) is 13.0. The maximum Gasteiger partial charge on any atom is 0.258 e. The quantitative estimate of drug-likeness (QED) is 0.521. The van der Waals surface area contributed by atoms with Crippen LogP contribution in [0, 0.1) is 17.8 Å². The molecule has 8 heteroatoms. The van der Waals surface area contributed by atoms with E-state index in [1.54, 1.807) is 4.57 Å². The van der Waals surface area contributed by atoms with E-state index in [1.807, 2.05) is 61.5 Å². The van der Waals surface area contributed by atoms with E-state index in [0.29, 0.717) is 30.1 Å². The molecule has 2 aromatic rings. The van der Waals surface area contributed by atoms with Gasteiger partial charge in [-0.25, -0.2) is 0 Å². The summed E-state index contributed by atoms with van der Waals surface area (Å²) in [6.45, 7) is 1.46. The van der Waals surface area contributed by atoms with E-state index in [2.05, 4.69) is 10.2 Å². The van der Waals surface area contributed by atoms with Gasteiger partial charge in [0.05, 0.1) is 18.0 Å². The Bertz CT molecular complexity index is 1170. The molecular formula is C28H36N4O4. The molecule has 0 unspecified atom stereocenters. The van der Waals surface area contributed by atoms with E-state index in [9.17, 15) is 19.5 Å². The van der Waals surface area contributed by atoms with Gasteiger partial charge in [-0.1, -0.05) is 30.3 Å². The van der Waals surface area contributed by atoms with Gasteiger partial charge < -0.3 is 24.8 Å². The lowest BCUT2D eigenvalue weighted by molar-refractivity contribution is -0.137. The maximum atomic E-state index is 13.6. The molecule has 2 fully saturated rings. The van der Waals surface area contributed by atoms with Crippen molar-refractivity contribution in [3.05, 3.63) is 58.5 Å². The van der Waals surface area contributed by atoms with Crippen molar-refractivity contribution < 1.29 is 14.7 Å². The number of carbonyl (C=O) groups is 2. The smallest absolute Gasteiger partial charge is 0.258 e. The van der Waals surface area contributed by atoms with Gasteiger partial charge in [0.2, 0.25) is 11.8 Å². The lowest BCUT2D eigenvalue weighted by Gasteiger charge is -2.38. The number of benzene rings is 1. The Kier molecular flexibility index (Phi) is 6.99. The first kappa shape index (κ1) is 24.7. The van der Waals surface area contributed by atoms with Gasteiger partial charge in [-0.3, -0.25) is 14.4 Å². The molecule has 1 aromatic carbocycles. The molecular weight excluding hydrogens is 456 g/mol. The lowest BCUT2D eigenvalue weighted by Crippen LogP contribution is -2.49. The molecule has 2 amide bonds. The number of fused-ring (bicyclic) bond motifs is 4. The van der Waals surface area contributed by atoms with Crippen LogP contribution in [0.3, 0.4) is 0 Å². The van der Waals surface area contributed by atoms with E-state index < -0.39 is 17.9 Å². The van der Waals surface area contributed by atoms with E-state index >= 15 is 0 Å². The topological polar surface area (TPSA) is 94.9 Å². The van der Waals surface area contributed by atoms with Crippen molar-refractivity contribution in [2.75, 3.05) is 33.8 Å². The largest absolute Gasteiger partial charge is 0.396 e. The highest BCUT2D eigenvalue weighted by Crippen LogP contribution is 2.49. The Labute approximate surface area is 211 Å². The fourth-order valence-corrected chi connectivity index (χ4v) is 5.98. The highest BCUT2D eigenvalue weighted by Gasteiger charge is 2.57. The zero-order valence-corrected chi connectivity index (χ0v) is 21.1. The summed E-state index contributed by atoms with van der Waals surface area (Å²) in [5.41, 5.74) is 2.00. The van der Waals surface area contributed by atoms with Crippen LogP contribution < -0.4 is 10.9 Å². The third-order valence-electron chi connectivity index (χ3n) is 7.96. The van der Waals surface area contributed by atoms with Crippen molar-refractivity contribution in [1.29, 1.82) is 0 Å². The molecule has 2 N–H and O–H groups in total. The van der Waals surface area contributed by atoms with Crippen LogP contribution in [0.2, 0.25) is 0 Å². The summed E-state index contributed by atoms with van der Waals surface area (Å²) in [5, 5.41) is 13.5. The van der Waals surface area contributed by atoms with Crippen molar-refractivity contribution in [3.63, 3.8) is 0 Å². The van der Waals surface area contributed by atoms with Crippen LogP contribution in [0.15, 0.2) is 47.3 Å². The summed E-state index contributed by atoms with van der Waals surface area (Å²) < 4.78 is 1.74. The normalized spacial score (nSPS) is 24.6. The van der Waals surface area contributed by atoms with Crippen molar-refractivity contribution in [2.24, 2.45) is 17.8 Å². The van der Waals surface area contributed by atoms with Gasteiger partial charge in [-0.05, 0) is 63.5 Å². The summed E-state index contributed by atoms with van der Waals surface area (Å²) in [7, 11) is 3.98. The number of nitrogens with one attached hydrogen (secondary N) is 1. The molecule has 4 atom stereocenters. The monoisotopic (exact) mass is 492 g/mol. The number of amides is 2. The zero-order valence-electron chi connectivity index (χ0n) is 21.1. The summed E-state index contributed by atoms with van der Waals surface area (Å²) in [6, 6.07) is 12.3. The summed E-state index contributed by atoms with van der Waals surface area (Å²) in [6.07, 6.45) is 3.40. The highest BCUT2D eigenvalue weighted by molar-refractivity contribution is 5.84. The van der Waals surface area contributed by atoms with Crippen molar-refractivity contribution in [2.45, 2.75) is 44.3 Å². The Morgan fingerprint density at radius 2 is 1.86 bits per heavy atom. The number of hydrogen-bond donors (Lipinski definition) is 2. The molecule has 2 aliphatic heterocycles. The van der Waals surface area contributed by atoms with Gasteiger partial charge >= 0.3 is 0 Å². The van der Waals surface area contributed by atoms with Crippen LogP contribution in [-0.2, 0) is 16.1 Å². The first-order valence-corrected chi connectivity index (χ1v) is 13.0. The van der Waals surface area contributed by atoms with Crippen LogP contribution >= 0.6 is 0 Å². The van der Waals surface area contributed by atoms with E-state index in [0.717, 1.165) is 31.4 Å². The molecule has 1 saturated carbocycles. The van der Waals surface area contributed by atoms with Crippen LogP contribution in [0.1, 0.15) is 37.4 Å². The number of aliphatic hydroxyl groups excluding tert-OH is 1. The molecule has 0 spiro atoms. The minimum absolute atomic E-state index is 0.0275. The molecule has 3 aliphatic rings. The predicted molar refractivity (Wildman–Crippen MR) is 137 cm³/mol. The van der Waals surface area contributed by atoms with Crippen LogP contribution in [0.25, 0.3) is 11.1 Å². The summed E-state index contributed by atoms with van der Waals surface area (Å²) >= 11 is 0. The van der Waals surface area contributed by atoms with E-state index in [1.165, 1.54) is 0 Å². The first-order chi connectivity index (χ1) is 17.4. The number of hydrogen-bond acceptors (Lipinski definition) is 5. The fourth-order valence-electron chi connectivity index (χ4n) is 5.98. The molecule has 1 aromatic heterocycles. The molecule has 1 aliphatic carbocycles. The number of carbonyl (C=O) groups excluding carboxylic acids is 2. The Hall–Kier alpha value is -2.97. The molecule has 3 heterocycles. The molecule has 8 nitrogen and oxygen atoms in total. The van der Waals surface area contributed by atoms with Gasteiger partial charge in [-0.2, -0.15) is 0 Å². The Morgan fingerprint density at radius 3 is 2.53 bits per heavy atom. The van der Waals surface area contributed by atoms with Gasteiger partial charge in [0.25, 0.3) is 5.56 Å². The average molecular weight is 493 g/mol. The Morgan fingerprint density at radius 1 is 1.11 bits per heavy atom. The minimum atomic E-state index is -0.599. The average Bonchev–Trinajstić information content (AvgIpc) is 3.64. The summed E-state index contributed by atoms with van der Waals surface area (Å²) in [5.74, 6) is -0.741. The number of aliphatic hydroxyl groups is 1. The van der Waals surface area contributed by atoms with Crippen molar-refractivity contribution >= 4 is 11.8 Å². The van der Waals surface area contributed by atoms with E-state index in [4.69, 9.17) is 0 Å². The number of nitrogens with zero attached hydrogens (tertiary/aromatic N) is 3. The SMILES string of the molecule is CN(C)CCCNC(=O)[C@H]1[C@H](CO)[C@H]2Cn3c(ccc(-c4ccccc4)c3=O)[C@@H]1N2C(=O)CC1CC1. The standard InChI is InChI=1S/C28H36N4O4/c1-30(2)14-6-13-29-27(35)25-21(17-33)23-16-31-22(26(25)32(23)24(34)15-18-9-10-18)12-11-20(28(31)36)19-7-4-3-5-8-19/h3-5,7-8,11-12,18,21,23,25-26,33H,6,9-10,13-17H2,1-2H3,(H,29,35)/t21-,23-,25+,26+/m1/s1. The van der Waals surface area contributed by atoms with Crippen molar-refractivity contribution in [1.82, 2.24) is 19.7 Å². The number of aromatic nitrogens is 1. The second-order valence-electron chi connectivity index (χ2n) is 10.7. The Balaban J connectivity index is 1.51.